The second kappa shape index (κ2) is 8.82. The van der Waals surface area contributed by atoms with Crippen molar-refractivity contribution in [3.8, 4) is 0 Å². The van der Waals surface area contributed by atoms with Crippen molar-refractivity contribution in [1.82, 2.24) is 19.7 Å². The number of rotatable bonds is 6. The van der Waals surface area contributed by atoms with Gasteiger partial charge in [0.05, 0.1) is 6.10 Å². The van der Waals surface area contributed by atoms with Gasteiger partial charge >= 0.3 is 0 Å². The van der Waals surface area contributed by atoms with Crippen molar-refractivity contribution >= 4 is 11.6 Å². The van der Waals surface area contributed by atoms with Gasteiger partial charge in [0.1, 0.15) is 6.33 Å². The summed E-state index contributed by atoms with van der Waals surface area (Å²) < 4.78 is 8.18. The van der Waals surface area contributed by atoms with Crippen molar-refractivity contribution in [3.63, 3.8) is 0 Å². The van der Waals surface area contributed by atoms with Crippen molar-refractivity contribution in [3.05, 3.63) is 29.5 Å². The highest BCUT2D eigenvalue weighted by Gasteiger charge is 2.36. The van der Waals surface area contributed by atoms with Gasteiger partial charge in [0.2, 0.25) is 0 Å². The van der Waals surface area contributed by atoms with E-state index in [0.717, 1.165) is 43.7 Å². The van der Waals surface area contributed by atoms with Crippen LogP contribution in [-0.4, -0.2) is 39.0 Å². The molecular formula is C23H34N4O2. The molecule has 158 valence electrons. The molecule has 2 heterocycles. The number of hydrogen-bond donors (Lipinski definition) is 1. The molecule has 0 spiro atoms. The molecule has 6 nitrogen and oxygen atoms in total. The summed E-state index contributed by atoms with van der Waals surface area (Å²) in [6, 6.07) is 2.20. The maximum Gasteiger partial charge on any atom is 0.274 e. The van der Waals surface area contributed by atoms with Crippen LogP contribution in [-0.2, 0) is 4.74 Å². The number of nitrogens with zero attached hydrogens (tertiary/aromatic N) is 3. The average Bonchev–Trinajstić information content (AvgIpc) is 2.90. The van der Waals surface area contributed by atoms with Crippen molar-refractivity contribution < 1.29 is 9.53 Å². The van der Waals surface area contributed by atoms with Gasteiger partial charge in [-0.2, -0.15) is 0 Å². The van der Waals surface area contributed by atoms with Crippen LogP contribution < -0.4 is 5.32 Å². The van der Waals surface area contributed by atoms with Crippen LogP contribution in [0.2, 0.25) is 0 Å². The number of carbonyl (C=O) groups excluding carboxylic acids is 1. The first-order chi connectivity index (χ1) is 14.0. The molecule has 4 atom stereocenters. The predicted octanol–water partition coefficient (Wildman–Crippen LogP) is 4.23. The molecule has 2 saturated carbocycles. The largest absolute Gasteiger partial charge is 0.378 e. The number of nitrogens with one attached hydrogen (secondary N) is 1. The summed E-state index contributed by atoms with van der Waals surface area (Å²) in [6.45, 7) is 7.04. The van der Waals surface area contributed by atoms with E-state index >= 15 is 0 Å². The SMILES string of the molecule is CCCCO[C@@H]1C[C@@H]2CCC[C@H]1C[C@@H](NC(=O)c1ncn3c(C)cc(C)nc13)C2. The maximum atomic E-state index is 13.1. The molecule has 29 heavy (non-hydrogen) atoms. The van der Waals surface area contributed by atoms with Crippen molar-refractivity contribution in [2.24, 2.45) is 11.8 Å². The van der Waals surface area contributed by atoms with Crippen molar-refractivity contribution in [1.29, 1.82) is 0 Å². The Morgan fingerprint density at radius 2 is 2.14 bits per heavy atom. The Hall–Kier alpha value is -1.95. The molecule has 2 aromatic rings. The predicted molar refractivity (Wildman–Crippen MR) is 113 cm³/mol. The number of unbranched alkanes of at least 4 members (excludes halogenated alkanes) is 1. The minimum atomic E-state index is -0.0987. The molecule has 0 aromatic carbocycles. The standard InChI is InChI=1S/C23H34N4O2/c1-4-5-9-29-20-12-17-7-6-8-18(20)13-19(11-17)26-23(28)21-22-25-15(2)10-16(3)27(22)14-24-21/h10,14,17-20H,4-9,11-13H2,1-3H3,(H,26,28)/t17-,18+,19+,20-/m1/s1. The van der Waals surface area contributed by atoms with Gasteiger partial charge in [-0.25, -0.2) is 9.97 Å². The van der Waals surface area contributed by atoms with E-state index < -0.39 is 0 Å². The first-order valence-electron chi connectivity index (χ1n) is 11.3. The molecule has 6 heteroatoms. The zero-order valence-corrected chi connectivity index (χ0v) is 18.0. The summed E-state index contributed by atoms with van der Waals surface area (Å²) in [5.41, 5.74) is 3.02. The lowest BCUT2D eigenvalue weighted by atomic mass is 9.88. The van der Waals surface area contributed by atoms with Gasteiger partial charge < -0.3 is 10.1 Å². The molecule has 1 N–H and O–H groups in total. The zero-order valence-electron chi connectivity index (χ0n) is 18.0. The number of aryl methyl sites for hydroxylation is 2. The maximum absolute atomic E-state index is 13.1. The molecule has 1 amide bonds. The minimum absolute atomic E-state index is 0.0987. The van der Waals surface area contributed by atoms with Crippen LogP contribution in [0.5, 0.6) is 0 Å². The second-order valence-electron chi connectivity index (χ2n) is 9.02. The molecule has 4 rings (SSSR count). The van der Waals surface area contributed by atoms with E-state index in [2.05, 4.69) is 22.2 Å². The van der Waals surface area contributed by atoms with E-state index in [1.54, 1.807) is 6.33 Å². The van der Waals surface area contributed by atoms with E-state index in [-0.39, 0.29) is 11.9 Å². The highest BCUT2D eigenvalue weighted by Crippen LogP contribution is 2.39. The minimum Gasteiger partial charge on any atom is -0.378 e. The summed E-state index contributed by atoms with van der Waals surface area (Å²) in [5, 5.41) is 3.30. The van der Waals surface area contributed by atoms with Gasteiger partial charge in [0.25, 0.3) is 5.91 Å². The number of amides is 1. The summed E-state index contributed by atoms with van der Waals surface area (Å²) >= 11 is 0. The summed E-state index contributed by atoms with van der Waals surface area (Å²) in [6.07, 6.45) is 11.3. The molecule has 2 aliphatic rings. The Labute approximate surface area is 173 Å². The lowest BCUT2D eigenvalue weighted by Crippen LogP contribution is -2.38. The third-order valence-corrected chi connectivity index (χ3v) is 6.69. The lowest BCUT2D eigenvalue weighted by molar-refractivity contribution is 0.00267. The van der Waals surface area contributed by atoms with E-state index in [0.29, 0.717) is 29.3 Å². The fourth-order valence-corrected chi connectivity index (χ4v) is 5.23. The Kier molecular flexibility index (Phi) is 6.18. The average molecular weight is 399 g/mol. The Morgan fingerprint density at radius 3 is 2.97 bits per heavy atom. The van der Waals surface area contributed by atoms with Crippen LogP contribution in [0.1, 0.15) is 80.2 Å². The van der Waals surface area contributed by atoms with Crippen LogP contribution in [0.25, 0.3) is 5.65 Å². The zero-order chi connectivity index (χ0) is 20.4. The highest BCUT2D eigenvalue weighted by molar-refractivity contribution is 5.98. The van der Waals surface area contributed by atoms with Gasteiger partial charge in [-0.15, -0.1) is 0 Å². The number of carbonyl (C=O) groups is 1. The topological polar surface area (TPSA) is 68.5 Å². The Balaban J connectivity index is 1.48. The molecule has 2 fully saturated rings. The second-order valence-corrected chi connectivity index (χ2v) is 9.02. The third kappa shape index (κ3) is 4.47. The monoisotopic (exact) mass is 398 g/mol. The van der Waals surface area contributed by atoms with E-state index in [1.165, 1.54) is 25.7 Å². The van der Waals surface area contributed by atoms with Crippen molar-refractivity contribution in [2.45, 2.75) is 84.3 Å². The number of imidazole rings is 1. The first kappa shape index (κ1) is 20.3. The summed E-state index contributed by atoms with van der Waals surface area (Å²) in [5.74, 6) is 1.09. The lowest BCUT2D eigenvalue weighted by Gasteiger charge is -2.27. The Bertz CT molecular complexity index is 862. The number of hydrogen-bond acceptors (Lipinski definition) is 4. The van der Waals surface area contributed by atoms with Gasteiger partial charge in [-0.1, -0.05) is 26.2 Å². The molecule has 2 bridgehead atoms. The van der Waals surface area contributed by atoms with Crippen molar-refractivity contribution in [2.75, 3.05) is 6.61 Å². The van der Waals surface area contributed by atoms with Gasteiger partial charge in [-0.05, 0) is 63.9 Å². The van der Waals surface area contributed by atoms with Gasteiger partial charge in [0.15, 0.2) is 11.3 Å². The molecular weight excluding hydrogens is 364 g/mol. The van der Waals surface area contributed by atoms with Gasteiger partial charge in [0, 0.05) is 24.0 Å². The molecule has 2 aromatic heterocycles. The number of ether oxygens (including phenoxy) is 1. The molecule has 0 radical (unpaired) electrons. The molecule has 0 aliphatic heterocycles. The van der Waals surface area contributed by atoms with E-state index in [9.17, 15) is 4.79 Å². The van der Waals surface area contributed by atoms with Crippen LogP contribution >= 0.6 is 0 Å². The normalized spacial score (nSPS) is 27.0. The van der Waals surface area contributed by atoms with E-state index in [1.807, 2.05) is 24.3 Å². The third-order valence-electron chi connectivity index (χ3n) is 6.69. The highest BCUT2D eigenvalue weighted by atomic mass is 16.5. The quantitative estimate of drug-likeness (QED) is 0.740. The van der Waals surface area contributed by atoms with E-state index in [4.69, 9.17) is 4.74 Å². The molecule has 0 saturated heterocycles. The number of aromatic nitrogens is 3. The summed E-state index contributed by atoms with van der Waals surface area (Å²) in [4.78, 5) is 22.0. The van der Waals surface area contributed by atoms with Crippen LogP contribution in [0.4, 0.5) is 0 Å². The first-order valence-corrected chi connectivity index (χ1v) is 11.3. The van der Waals surface area contributed by atoms with Crippen LogP contribution in [0.3, 0.4) is 0 Å². The van der Waals surface area contributed by atoms with Crippen LogP contribution in [0.15, 0.2) is 12.4 Å². The summed E-state index contributed by atoms with van der Waals surface area (Å²) in [7, 11) is 0. The van der Waals surface area contributed by atoms with Crippen LogP contribution in [0, 0.1) is 25.7 Å². The molecule has 0 unspecified atom stereocenters. The fourth-order valence-electron chi connectivity index (χ4n) is 5.23. The smallest absolute Gasteiger partial charge is 0.274 e. The van der Waals surface area contributed by atoms with Gasteiger partial charge in [-0.3, -0.25) is 9.20 Å². The Morgan fingerprint density at radius 1 is 1.28 bits per heavy atom. The fraction of sp³-hybridized carbons (Fsp3) is 0.696. The number of fused-ring (bicyclic) bond motifs is 4. The molecule has 2 aliphatic carbocycles.